The predicted octanol–water partition coefficient (Wildman–Crippen LogP) is 3.85. The molecule has 2 N–H and O–H groups in total. The standard InChI is InChI=1S/C15H11ClF3N3O3S/c1-7-21-11(5-26-7)12(23)20-6-14(15(17,18)19)9-4-8(16)2-3-10(9)22-13(24)25-14/h2-5H,6H2,1H3,(H,20,23)(H,22,24). The summed E-state index contributed by atoms with van der Waals surface area (Å²) in [4.78, 5) is 27.7. The summed E-state index contributed by atoms with van der Waals surface area (Å²) in [7, 11) is 0. The maximum Gasteiger partial charge on any atom is 0.434 e. The van der Waals surface area contributed by atoms with E-state index >= 15 is 0 Å². The highest BCUT2D eigenvalue weighted by molar-refractivity contribution is 7.09. The second kappa shape index (κ2) is 6.44. The fourth-order valence-electron chi connectivity index (χ4n) is 2.51. The molecule has 1 atom stereocenters. The molecule has 26 heavy (non-hydrogen) atoms. The Morgan fingerprint density at radius 3 is 2.81 bits per heavy atom. The summed E-state index contributed by atoms with van der Waals surface area (Å²) in [6, 6.07) is 3.62. The number of fused-ring (bicyclic) bond motifs is 1. The van der Waals surface area contributed by atoms with Crippen molar-refractivity contribution in [3.05, 3.63) is 44.9 Å². The zero-order valence-electron chi connectivity index (χ0n) is 13.1. The quantitative estimate of drug-likeness (QED) is 0.812. The van der Waals surface area contributed by atoms with Crippen LogP contribution >= 0.6 is 22.9 Å². The van der Waals surface area contributed by atoms with Crippen molar-refractivity contribution in [2.75, 3.05) is 11.9 Å². The van der Waals surface area contributed by atoms with E-state index in [0.29, 0.717) is 5.01 Å². The summed E-state index contributed by atoms with van der Waals surface area (Å²) in [6.45, 7) is 0.637. The number of carbonyl (C=O) groups excluding carboxylic acids is 2. The third-order valence-corrected chi connectivity index (χ3v) is 4.74. The summed E-state index contributed by atoms with van der Waals surface area (Å²) in [5.74, 6) is -0.809. The Hall–Kier alpha value is -2.33. The van der Waals surface area contributed by atoms with Crippen molar-refractivity contribution in [3.8, 4) is 0 Å². The molecule has 3 rings (SSSR count). The largest absolute Gasteiger partial charge is 0.434 e. The van der Waals surface area contributed by atoms with Gasteiger partial charge in [0.2, 0.25) is 0 Å². The van der Waals surface area contributed by atoms with E-state index in [0.717, 1.165) is 6.07 Å². The van der Waals surface area contributed by atoms with Crippen LogP contribution in [0.4, 0.5) is 23.7 Å². The Bertz CT molecular complexity index is 887. The van der Waals surface area contributed by atoms with Crippen LogP contribution in [0, 0.1) is 6.92 Å². The van der Waals surface area contributed by atoms with E-state index in [-0.39, 0.29) is 16.4 Å². The lowest BCUT2D eigenvalue weighted by Gasteiger charge is -2.39. The molecule has 11 heteroatoms. The summed E-state index contributed by atoms with van der Waals surface area (Å²) in [5, 5.41) is 6.38. The van der Waals surface area contributed by atoms with Crippen molar-refractivity contribution in [2.24, 2.45) is 0 Å². The molecule has 6 nitrogen and oxygen atoms in total. The van der Waals surface area contributed by atoms with Crippen molar-refractivity contribution >= 4 is 40.6 Å². The van der Waals surface area contributed by atoms with E-state index in [2.05, 4.69) is 20.4 Å². The van der Waals surface area contributed by atoms with Crippen LogP contribution < -0.4 is 10.6 Å². The SMILES string of the molecule is Cc1nc(C(=O)NCC2(C(F)(F)F)OC(=O)Nc3ccc(Cl)cc32)cs1. The first-order valence-electron chi connectivity index (χ1n) is 7.19. The number of benzene rings is 1. The third-order valence-electron chi connectivity index (χ3n) is 3.73. The minimum atomic E-state index is -5.00. The van der Waals surface area contributed by atoms with Gasteiger partial charge in [0.15, 0.2) is 0 Å². The zero-order valence-corrected chi connectivity index (χ0v) is 14.7. The number of rotatable bonds is 3. The molecule has 0 bridgehead atoms. The van der Waals surface area contributed by atoms with Gasteiger partial charge in [-0.1, -0.05) is 11.6 Å². The van der Waals surface area contributed by atoms with Gasteiger partial charge in [0, 0.05) is 16.0 Å². The van der Waals surface area contributed by atoms with E-state index in [1.54, 1.807) is 6.92 Å². The topological polar surface area (TPSA) is 80.3 Å². The highest BCUT2D eigenvalue weighted by Crippen LogP contribution is 2.47. The molecular formula is C15H11ClF3N3O3S. The molecule has 2 aromatic rings. The summed E-state index contributed by atoms with van der Waals surface area (Å²) in [5.41, 5.74) is -3.58. The van der Waals surface area contributed by atoms with Crippen LogP contribution in [0.25, 0.3) is 0 Å². The Morgan fingerprint density at radius 1 is 1.46 bits per heavy atom. The normalized spacial score (nSPS) is 19.3. The van der Waals surface area contributed by atoms with Gasteiger partial charge in [0.05, 0.1) is 17.2 Å². The van der Waals surface area contributed by atoms with Gasteiger partial charge >= 0.3 is 12.3 Å². The highest BCUT2D eigenvalue weighted by Gasteiger charge is 2.62. The molecule has 0 radical (unpaired) electrons. The molecule has 1 aromatic heterocycles. The minimum Gasteiger partial charge on any atom is -0.426 e. The lowest BCUT2D eigenvalue weighted by atomic mass is 9.89. The van der Waals surface area contributed by atoms with Crippen molar-refractivity contribution in [1.82, 2.24) is 10.3 Å². The lowest BCUT2D eigenvalue weighted by molar-refractivity contribution is -0.261. The van der Waals surface area contributed by atoms with Crippen LogP contribution in [0.15, 0.2) is 23.6 Å². The number of anilines is 1. The second-order valence-corrected chi connectivity index (χ2v) is 6.96. The number of aryl methyl sites for hydroxylation is 1. The molecule has 1 aliphatic heterocycles. The van der Waals surface area contributed by atoms with Crippen LogP contribution in [-0.4, -0.2) is 29.7 Å². The van der Waals surface area contributed by atoms with Crippen molar-refractivity contribution in [2.45, 2.75) is 18.7 Å². The van der Waals surface area contributed by atoms with Gasteiger partial charge in [-0.2, -0.15) is 13.2 Å². The van der Waals surface area contributed by atoms with Gasteiger partial charge in [-0.25, -0.2) is 9.78 Å². The molecule has 0 saturated carbocycles. The number of cyclic esters (lactones) is 1. The van der Waals surface area contributed by atoms with Crippen LogP contribution in [0.2, 0.25) is 5.02 Å². The average molecular weight is 406 g/mol. The Morgan fingerprint density at radius 2 is 2.19 bits per heavy atom. The Kier molecular flexibility index (Phi) is 4.57. The maximum absolute atomic E-state index is 13.9. The van der Waals surface area contributed by atoms with E-state index in [9.17, 15) is 22.8 Å². The number of alkyl halides is 3. The fraction of sp³-hybridized carbons (Fsp3) is 0.267. The maximum atomic E-state index is 13.9. The first kappa shape index (κ1) is 18.5. The van der Waals surface area contributed by atoms with Gasteiger partial charge in [-0.15, -0.1) is 11.3 Å². The molecule has 0 aliphatic carbocycles. The van der Waals surface area contributed by atoms with Crippen LogP contribution in [0.5, 0.6) is 0 Å². The molecule has 1 unspecified atom stereocenters. The summed E-state index contributed by atoms with van der Waals surface area (Å²) < 4.78 is 46.4. The lowest BCUT2D eigenvalue weighted by Crippen LogP contribution is -2.56. The molecule has 0 fully saturated rings. The number of carbonyl (C=O) groups is 2. The van der Waals surface area contributed by atoms with Crippen LogP contribution in [-0.2, 0) is 10.3 Å². The van der Waals surface area contributed by atoms with Gasteiger partial charge in [-0.05, 0) is 25.1 Å². The number of hydrogen-bond acceptors (Lipinski definition) is 5. The van der Waals surface area contributed by atoms with Gasteiger partial charge in [-0.3, -0.25) is 10.1 Å². The number of thiazole rings is 1. The average Bonchev–Trinajstić information content (AvgIpc) is 2.98. The fourth-order valence-corrected chi connectivity index (χ4v) is 3.28. The number of aromatic nitrogens is 1. The Balaban J connectivity index is 1.99. The van der Waals surface area contributed by atoms with Gasteiger partial charge in [0.1, 0.15) is 5.69 Å². The Labute approximate surface area is 154 Å². The molecule has 2 amide bonds. The zero-order chi connectivity index (χ0) is 19.1. The first-order valence-corrected chi connectivity index (χ1v) is 8.45. The summed E-state index contributed by atoms with van der Waals surface area (Å²) >= 11 is 7.00. The first-order chi connectivity index (χ1) is 12.1. The molecule has 1 aromatic carbocycles. The highest BCUT2D eigenvalue weighted by atomic mass is 35.5. The number of nitrogens with one attached hydrogen (secondary N) is 2. The smallest absolute Gasteiger partial charge is 0.426 e. The molecule has 0 saturated heterocycles. The predicted molar refractivity (Wildman–Crippen MR) is 88.5 cm³/mol. The molecule has 138 valence electrons. The van der Waals surface area contributed by atoms with E-state index in [4.69, 9.17) is 11.6 Å². The number of amides is 2. The van der Waals surface area contributed by atoms with E-state index < -0.39 is 35.9 Å². The third kappa shape index (κ3) is 3.21. The number of nitrogens with zero attached hydrogens (tertiary/aromatic N) is 1. The number of hydrogen-bond donors (Lipinski definition) is 2. The van der Waals surface area contributed by atoms with Gasteiger partial charge < -0.3 is 10.1 Å². The monoisotopic (exact) mass is 405 g/mol. The number of ether oxygens (including phenoxy) is 1. The van der Waals surface area contributed by atoms with Crippen molar-refractivity contribution in [3.63, 3.8) is 0 Å². The van der Waals surface area contributed by atoms with Crippen molar-refractivity contribution in [1.29, 1.82) is 0 Å². The van der Waals surface area contributed by atoms with E-state index in [1.807, 2.05) is 0 Å². The molecule has 2 heterocycles. The number of halogens is 4. The molecular weight excluding hydrogens is 395 g/mol. The van der Waals surface area contributed by atoms with E-state index in [1.165, 1.54) is 28.8 Å². The van der Waals surface area contributed by atoms with Crippen LogP contribution in [0.1, 0.15) is 21.1 Å². The molecule has 0 spiro atoms. The summed E-state index contributed by atoms with van der Waals surface area (Å²) in [6.07, 6.45) is -6.29. The molecule has 1 aliphatic rings. The van der Waals surface area contributed by atoms with Gasteiger partial charge in [0.25, 0.3) is 11.5 Å². The van der Waals surface area contributed by atoms with Crippen LogP contribution in [0.3, 0.4) is 0 Å². The minimum absolute atomic E-state index is 0.0172. The second-order valence-electron chi connectivity index (χ2n) is 5.46. The van der Waals surface area contributed by atoms with Crippen molar-refractivity contribution < 1.29 is 27.5 Å².